The molecule has 0 bridgehead atoms. The Labute approximate surface area is 65.3 Å². The van der Waals surface area contributed by atoms with Gasteiger partial charge in [-0.1, -0.05) is 25.6 Å². The van der Waals surface area contributed by atoms with Crippen molar-refractivity contribution < 1.29 is 0 Å². The standard InChI is InChI=1S/C7H10N2S/c1-2-3-6-4-7(10)9-8-5-6/h4-5H,2-3H2,1H3,(H,9,10). The van der Waals surface area contributed by atoms with E-state index in [2.05, 4.69) is 17.1 Å². The summed E-state index contributed by atoms with van der Waals surface area (Å²) in [6, 6.07) is 1.95. The number of aromatic nitrogens is 2. The minimum absolute atomic E-state index is 0.714. The second kappa shape index (κ2) is 3.46. The first-order chi connectivity index (χ1) is 4.83. The molecule has 1 heterocycles. The van der Waals surface area contributed by atoms with E-state index in [4.69, 9.17) is 12.2 Å². The summed E-state index contributed by atoms with van der Waals surface area (Å²) in [5.41, 5.74) is 1.21. The Hall–Kier alpha value is -0.700. The third kappa shape index (κ3) is 1.92. The second-order valence-corrected chi connectivity index (χ2v) is 2.64. The van der Waals surface area contributed by atoms with Gasteiger partial charge >= 0.3 is 0 Å². The molecular formula is C7H10N2S. The molecule has 1 aromatic heterocycles. The monoisotopic (exact) mass is 154 g/mol. The predicted octanol–water partition coefficient (Wildman–Crippen LogP) is 2.09. The Kier molecular flexibility index (Phi) is 2.57. The molecule has 0 fully saturated rings. The Morgan fingerprint density at radius 3 is 3.10 bits per heavy atom. The van der Waals surface area contributed by atoms with Crippen molar-refractivity contribution in [1.29, 1.82) is 0 Å². The van der Waals surface area contributed by atoms with Crippen LogP contribution in [-0.4, -0.2) is 10.2 Å². The molecule has 3 heteroatoms. The van der Waals surface area contributed by atoms with Crippen LogP contribution in [-0.2, 0) is 6.42 Å². The van der Waals surface area contributed by atoms with Crippen LogP contribution in [0.3, 0.4) is 0 Å². The van der Waals surface area contributed by atoms with Crippen LogP contribution in [0.2, 0.25) is 0 Å². The van der Waals surface area contributed by atoms with Crippen LogP contribution >= 0.6 is 12.2 Å². The zero-order valence-electron chi connectivity index (χ0n) is 5.92. The van der Waals surface area contributed by atoms with Crippen LogP contribution < -0.4 is 0 Å². The van der Waals surface area contributed by atoms with E-state index in [0.717, 1.165) is 12.8 Å². The number of aromatic amines is 1. The highest BCUT2D eigenvalue weighted by atomic mass is 32.1. The molecule has 0 aliphatic carbocycles. The number of hydrogen-bond acceptors (Lipinski definition) is 2. The summed E-state index contributed by atoms with van der Waals surface area (Å²) in [7, 11) is 0. The van der Waals surface area contributed by atoms with Crippen molar-refractivity contribution >= 4 is 12.2 Å². The largest absolute Gasteiger partial charge is 0.268 e. The predicted molar refractivity (Wildman–Crippen MR) is 43.4 cm³/mol. The molecule has 0 radical (unpaired) electrons. The summed E-state index contributed by atoms with van der Waals surface area (Å²) in [4.78, 5) is 0. The Morgan fingerprint density at radius 2 is 2.50 bits per heavy atom. The first-order valence-corrected chi connectivity index (χ1v) is 3.77. The number of rotatable bonds is 2. The first-order valence-electron chi connectivity index (χ1n) is 3.36. The molecule has 0 spiro atoms. The fourth-order valence-corrected chi connectivity index (χ4v) is 1.05. The maximum atomic E-state index is 4.90. The lowest BCUT2D eigenvalue weighted by Crippen LogP contribution is -1.87. The lowest BCUT2D eigenvalue weighted by Gasteiger charge is -1.93. The zero-order valence-corrected chi connectivity index (χ0v) is 6.74. The van der Waals surface area contributed by atoms with Gasteiger partial charge in [-0.3, -0.25) is 5.10 Å². The van der Waals surface area contributed by atoms with Gasteiger partial charge in [0.15, 0.2) is 0 Å². The van der Waals surface area contributed by atoms with Crippen molar-refractivity contribution in [3.63, 3.8) is 0 Å². The third-order valence-electron chi connectivity index (χ3n) is 1.26. The van der Waals surface area contributed by atoms with E-state index < -0.39 is 0 Å². The number of nitrogens with one attached hydrogen (secondary N) is 1. The molecule has 54 valence electrons. The molecule has 0 saturated carbocycles. The van der Waals surface area contributed by atoms with Crippen LogP contribution in [0.5, 0.6) is 0 Å². The summed E-state index contributed by atoms with van der Waals surface area (Å²) in [5.74, 6) is 0. The molecule has 0 atom stereocenters. The molecule has 0 aliphatic rings. The summed E-state index contributed by atoms with van der Waals surface area (Å²) in [6.07, 6.45) is 4.02. The molecule has 0 amide bonds. The van der Waals surface area contributed by atoms with Crippen LogP contribution in [0.25, 0.3) is 0 Å². The quantitative estimate of drug-likeness (QED) is 0.661. The van der Waals surface area contributed by atoms with Gasteiger partial charge in [0, 0.05) is 0 Å². The summed E-state index contributed by atoms with van der Waals surface area (Å²) in [5, 5.41) is 6.57. The molecule has 10 heavy (non-hydrogen) atoms. The Balaban J connectivity index is 2.85. The average molecular weight is 154 g/mol. The molecule has 1 N–H and O–H groups in total. The van der Waals surface area contributed by atoms with Gasteiger partial charge in [-0.05, 0) is 18.1 Å². The molecule has 0 saturated heterocycles. The number of H-pyrrole nitrogens is 1. The lowest BCUT2D eigenvalue weighted by atomic mass is 10.2. The van der Waals surface area contributed by atoms with Gasteiger partial charge in [0.2, 0.25) is 0 Å². The van der Waals surface area contributed by atoms with Crippen molar-refractivity contribution in [2.24, 2.45) is 0 Å². The first kappa shape index (κ1) is 7.41. The third-order valence-corrected chi connectivity index (χ3v) is 1.47. The van der Waals surface area contributed by atoms with Crippen molar-refractivity contribution in [3.05, 3.63) is 22.5 Å². The van der Waals surface area contributed by atoms with E-state index in [1.165, 1.54) is 5.56 Å². The highest BCUT2D eigenvalue weighted by molar-refractivity contribution is 7.71. The van der Waals surface area contributed by atoms with Crippen LogP contribution in [0.15, 0.2) is 12.3 Å². The van der Waals surface area contributed by atoms with Gasteiger partial charge in [0.05, 0.1) is 6.20 Å². The van der Waals surface area contributed by atoms with Crippen LogP contribution in [0, 0.1) is 4.64 Å². The van der Waals surface area contributed by atoms with Crippen molar-refractivity contribution in [3.8, 4) is 0 Å². The maximum Gasteiger partial charge on any atom is 0.119 e. The van der Waals surface area contributed by atoms with Gasteiger partial charge in [0.25, 0.3) is 0 Å². The highest BCUT2D eigenvalue weighted by Gasteiger charge is 1.88. The smallest absolute Gasteiger partial charge is 0.119 e. The van der Waals surface area contributed by atoms with E-state index in [0.29, 0.717) is 4.64 Å². The minimum Gasteiger partial charge on any atom is -0.268 e. The lowest BCUT2D eigenvalue weighted by molar-refractivity contribution is 0.888. The van der Waals surface area contributed by atoms with Crippen molar-refractivity contribution in [2.45, 2.75) is 19.8 Å². The van der Waals surface area contributed by atoms with Crippen LogP contribution in [0.1, 0.15) is 18.9 Å². The van der Waals surface area contributed by atoms with Gasteiger partial charge < -0.3 is 0 Å². The summed E-state index contributed by atoms with van der Waals surface area (Å²) in [6.45, 7) is 2.14. The minimum atomic E-state index is 0.714. The number of aryl methyl sites for hydroxylation is 1. The Bertz CT molecular complexity index is 254. The van der Waals surface area contributed by atoms with E-state index in [1.807, 2.05) is 12.3 Å². The SMILES string of the molecule is CCCc1cn[nH]c(=S)c1. The van der Waals surface area contributed by atoms with Gasteiger partial charge in [-0.2, -0.15) is 5.10 Å². The number of hydrogen-bond donors (Lipinski definition) is 1. The number of nitrogens with zero attached hydrogens (tertiary/aromatic N) is 1. The van der Waals surface area contributed by atoms with E-state index in [-0.39, 0.29) is 0 Å². The van der Waals surface area contributed by atoms with Crippen LogP contribution in [0.4, 0.5) is 0 Å². The average Bonchev–Trinajstić information content (AvgIpc) is 1.88. The van der Waals surface area contributed by atoms with E-state index >= 15 is 0 Å². The fraction of sp³-hybridized carbons (Fsp3) is 0.429. The fourth-order valence-electron chi connectivity index (χ4n) is 0.842. The second-order valence-electron chi connectivity index (χ2n) is 2.20. The van der Waals surface area contributed by atoms with E-state index in [9.17, 15) is 0 Å². The summed E-state index contributed by atoms with van der Waals surface area (Å²) < 4.78 is 0.714. The zero-order chi connectivity index (χ0) is 7.40. The molecule has 1 aromatic rings. The Morgan fingerprint density at radius 1 is 1.70 bits per heavy atom. The molecule has 1 rings (SSSR count). The van der Waals surface area contributed by atoms with Gasteiger partial charge in [-0.25, -0.2) is 0 Å². The van der Waals surface area contributed by atoms with Gasteiger partial charge in [-0.15, -0.1) is 0 Å². The van der Waals surface area contributed by atoms with Crippen molar-refractivity contribution in [2.75, 3.05) is 0 Å². The van der Waals surface area contributed by atoms with Gasteiger partial charge in [0.1, 0.15) is 4.64 Å². The highest BCUT2D eigenvalue weighted by Crippen LogP contribution is 1.98. The molecule has 2 nitrogen and oxygen atoms in total. The normalized spacial score (nSPS) is 9.70. The topological polar surface area (TPSA) is 28.7 Å². The molecule has 0 unspecified atom stereocenters. The van der Waals surface area contributed by atoms with Crippen molar-refractivity contribution in [1.82, 2.24) is 10.2 Å². The maximum absolute atomic E-state index is 4.90. The van der Waals surface area contributed by atoms with E-state index in [1.54, 1.807) is 0 Å². The molecular weight excluding hydrogens is 144 g/mol. The summed E-state index contributed by atoms with van der Waals surface area (Å²) >= 11 is 4.90. The molecule has 0 aromatic carbocycles. The molecule has 0 aliphatic heterocycles.